The fraction of sp³-hybridized carbons (Fsp3) is 0.694. The van der Waals surface area contributed by atoms with Crippen molar-refractivity contribution in [3.63, 3.8) is 0 Å². The largest absolute Gasteiger partial charge is 0.363 e. The van der Waals surface area contributed by atoms with Gasteiger partial charge >= 0.3 is 6.03 Å². The van der Waals surface area contributed by atoms with Crippen LogP contribution in [0.4, 0.5) is 4.79 Å². The summed E-state index contributed by atoms with van der Waals surface area (Å²) in [5, 5.41) is 8.77. The molecular weight excluding hydrogens is 660 g/mol. The van der Waals surface area contributed by atoms with E-state index in [2.05, 4.69) is 16.0 Å². The summed E-state index contributed by atoms with van der Waals surface area (Å²) in [7, 11) is -2.15. The number of rotatable bonds is 13. The van der Waals surface area contributed by atoms with Crippen molar-refractivity contribution in [2.75, 3.05) is 20.1 Å². The topological polar surface area (TPSA) is 188 Å². The highest BCUT2D eigenvalue weighted by Gasteiger charge is 2.70. The molecule has 13 nitrogen and oxygen atoms in total. The van der Waals surface area contributed by atoms with E-state index in [0.717, 1.165) is 19.3 Å². The van der Waals surface area contributed by atoms with Gasteiger partial charge in [0.1, 0.15) is 18.1 Å². The molecule has 3 saturated carbocycles. The van der Waals surface area contributed by atoms with Crippen molar-refractivity contribution >= 4 is 39.6 Å². The summed E-state index contributed by atoms with van der Waals surface area (Å²) >= 11 is 0. The Labute approximate surface area is 295 Å². The van der Waals surface area contributed by atoms with Gasteiger partial charge in [0.05, 0.1) is 11.3 Å². The van der Waals surface area contributed by atoms with Crippen molar-refractivity contribution in [1.29, 1.82) is 0 Å². The number of piperidine rings is 1. The average Bonchev–Trinajstić information content (AvgIpc) is 3.90. The van der Waals surface area contributed by atoms with Crippen LogP contribution in [0.1, 0.15) is 85.1 Å². The molecule has 0 bridgehead atoms. The quantitative estimate of drug-likeness (QED) is 0.226. The number of carbonyl (C=O) groups is 5. The molecule has 0 spiro atoms. The van der Waals surface area contributed by atoms with Crippen LogP contribution in [0.5, 0.6) is 0 Å². The predicted octanol–water partition coefficient (Wildman–Crippen LogP) is 2.30. The van der Waals surface area contributed by atoms with E-state index in [9.17, 15) is 32.4 Å². The van der Waals surface area contributed by atoms with Gasteiger partial charge in [-0.1, -0.05) is 84.2 Å². The van der Waals surface area contributed by atoms with E-state index in [-0.39, 0.29) is 35.5 Å². The number of primary amides is 1. The van der Waals surface area contributed by atoms with E-state index in [1.807, 2.05) is 40.7 Å². The molecule has 1 aromatic rings. The number of hydrogen-bond donors (Lipinski definition) is 4. The molecule has 1 aromatic carbocycles. The minimum atomic E-state index is -3.69. The SMILES string of the molecule is CN(CC1(NC(=O)N[C@H](C(=O)N2C[C@H]3[C@@H]([C@H]2C(=O)NC(C(=O)C(N)=O)C2CC2)C3(C)C)C(C)(C)C)CCCCC1)S(=O)(=O)Cc1ccccc1. The predicted molar refractivity (Wildman–Crippen MR) is 188 cm³/mol. The number of sulfonamides is 1. The Morgan fingerprint density at radius 1 is 1.00 bits per heavy atom. The lowest BCUT2D eigenvalue weighted by atomic mass is 9.81. The van der Waals surface area contributed by atoms with E-state index in [1.165, 1.54) is 16.3 Å². The fourth-order valence-corrected chi connectivity index (χ4v) is 9.50. The second-order valence-electron chi connectivity index (χ2n) is 16.7. The molecule has 4 fully saturated rings. The zero-order valence-corrected chi connectivity index (χ0v) is 31.0. The molecule has 276 valence electrons. The molecule has 1 aliphatic heterocycles. The number of hydrogen-bond acceptors (Lipinski definition) is 7. The van der Waals surface area contributed by atoms with Crippen LogP contribution < -0.4 is 21.7 Å². The first kappa shape index (κ1) is 37.7. The summed E-state index contributed by atoms with van der Waals surface area (Å²) in [5.41, 5.74) is 4.17. The van der Waals surface area contributed by atoms with Crippen molar-refractivity contribution < 1.29 is 32.4 Å². The number of benzene rings is 1. The summed E-state index contributed by atoms with van der Waals surface area (Å²) < 4.78 is 28.0. The van der Waals surface area contributed by atoms with E-state index in [0.29, 0.717) is 37.8 Å². The highest BCUT2D eigenvalue weighted by molar-refractivity contribution is 7.88. The molecule has 50 heavy (non-hydrogen) atoms. The van der Waals surface area contributed by atoms with Gasteiger partial charge in [-0.25, -0.2) is 17.5 Å². The van der Waals surface area contributed by atoms with Crippen molar-refractivity contribution in [1.82, 2.24) is 25.2 Å². The van der Waals surface area contributed by atoms with Crippen LogP contribution in [-0.2, 0) is 35.0 Å². The van der Waals surface area contributed by atoms with Gasteiger partial charge in [-0.3, -0.25) is 19.2 Å². The lowest BCUT2D eigenvalue weighted by Crippen LogP contribution is -2.64. The molecule has 3 aliphatic carbocycles. The summed E-state index contributed by atoms with van der Waals surface area (Å²) in [4.78, 5) is 68.0. The van der Waals surface area contributed by atoms with E-state index in [1.54, 1.807) is 24.3 Å². The van der Waals surface area contributed by atoms with Crippen LogP contribution >= 0.6 is 0 Å². The lowest BCUT2D eigenvalue weighted by molar-refractivity contribution is -0.145. The minimum absolute atomic E-state index is 0.0572. The Bertz CT molecular complexity index is 1600. The fourth-order valence-electron chi connectivity index (χ4n) is 8.23. The number of urea groups is 1. The molecule has 0 aromatic heterocycles. The number of fused-ring (bicyclic) bond motifs is 1. The third-order valence-corrected chi connectivity index (χ3v) is 13.2. The highest BCUT2D eigenvalue weighted by Crippen LogP contribution is 2.65. The molecule has 4 aliphatic rings. The van der Waals surface area contributed by atoms with Crippen LogP contribution in [0.3, 0.4) is 0 Å². The number of nitrogens with one attached hydrogen (secondary N) is 3. The first-order valence-corrected chi connectivity index (χ1v) is 19.4. The molecule has 5 atom stereocenters. The van der Waals surface area contributed by atoms with Crippen LogP contribution in [0, 0.1) is 28.6 Å². The highest BCUT2D eigenvalue weighted by atomic mass is 32.2. The van der Waals surface area contributed by atoms with Crippen molar-refractivity contribution in [2.24, 2.45) is 34.3 Å². The number of likely N-dealkylation sites (tertiary alicyclic amines) is 1. The van der Waals surface area contributed by atoms with Gasteiger partial charge in [-0.05, 0) is 59.8 Å². The first-order chi connectivity index (χ1) is 23.3. The maximum Gasteiger partial charge on any atom is 0.315 e. The van der Waals surface area contributed by atoms with E-state index >= 15 is 0 Å². The van der Waals surface area contributed by atoms with E-state index in [4.69, 9.17) is 5.73 Å². The number of nitrogens with two attached hydrogens (primary N) is 1. The van der Waals surface area contributed by atoms with E-state index < -0.39 is 68.6 Å². The van der Waals surface area contributed by atoms with Crippen molar-refractivity contribution in [3.8, 4) is 0 Å². The Morgan fingerprint density at radius 2 is 1.62 bits per heavy atom. The number of carbonyl (C=O) groups excluding carboxylic acids is 5. The minimum Gasteiger partial charge on any atom is -0.363 e. The van der Waals surface area contributed by atoms with Gasteiger partial charge in [-0.2, -0.15) is 0 Å². The molecule has 5 rings (SSSR count). The van der Waals surface area contributed by atoms with Crippen molar-refractivity contribution in [2.45, 2.75) is 109 Å². The summed E-state index contributed by atoms with van der Waals surface area (Å²) in [6.45, 7) is 10.00. The van der Waals surface area contributed by atoms with Gasteiger partial charge in [0, 0.05) is 20.1 Å². The number of amides is 5. The molecule has 5 N–H and O–H groups in total. The molecular formula is C36H54N6O7S. The summed E-state index contributed by atoms with van der Waals surface area (Å²) in [6.07, 6.45) is 5.15. The molecule has 1 unspecified atom stereocenters. The van der Waals surface area contributed by atoms with Crippen LogP contribution in [0.15, 0.2) is 30.3 Å². The number of Topliss-reactive ketones (excluding diaryl/α,β-unsaturated/α-hetero) is 1. The molecule has 14 heteroatoms. The van der Waals surface area contributed by atoms with Gasteiger partial charge in [0.15, 0.2) is 0 Å². The number of likely N-dealkylation sites (N-methyl/N-ethyl adjacent to an activating group) is 1. The average molecular weight is 715 g/mol. The standard InChI is InChI=1S/C36H54N6O7S/c1-34(2,3)29(32(46)42-19-24-25(35(24,4)5)27(42)31(45)38-26(23-15-16-23)28(43)30(37)44)39-33(47)40-36(17-11-8-12-18-36)21-41(6)50(48,49)20-22-13-9-7-10-14-22/h7,9-10,13-14,23-27,29H,8,11-12,15-21H2,1-6H3,(H2,37,44)(H,38,45)(H2,39,40,47)/t24-,25-,26?,27-,29+/m0/s1. The normalized spacial score (nSPS) is 25.2. The van der Waals surface area contributed by atoms with Crippen molar-refractivity contribution in [3.05, 3.63) is 35.9 Å². The van der Waals surface area contributed by atoms with Gasteiger partial charge in [0.2, 0.25) is 27.6 Å². The van der Waals surface area contributed by atoms with Gasteiger partial charge < -0.3 is 26.6 Å². The molecule has 5 amide bonds. The summed E-state index contributed by atoms with van der Waals surface area (Å²) in [6, 6.07) is 5.44. The molecule has 0 radical (unpaired) electrons. The maximum absolute atomic E-state index is 14.4. The van der Waals surface area contributed by atoms with Gasteiger partial charge in [-0.15, -0.1) is 0 Å². The second-order valence-corrected chi connectivity index (χ2v) is 18.8. The number of nitrogens with zero attached hydrogens (tertiary/aromatic N) is 2. The summed E-state index contributed by atoms with van der Waals surface area (Å²) in [5.74, 6) is -3.28. The third kappa shape index (κ3) is 8.01. The zero-order valence-electron chi connectivity index (χ0n) is 30.2. The molecule has 1 heterocycles. The third-order valence-electron chi connectivity index (χ3n) is 11.4. The zero-order chi connectivity index (χ0) is 36.8. The second kappa shape index (κ2) is 13.9. The van der Waals surface area contributed by atoms with Crippen LogP contribution in [-0.4, -0.2) is 91.0 Å². The van der Waals surface area contributed by atoms with Crippen LogP contribution in [0.2, 0.25) is 0 Å². The Kier molecular flexibility index (Phi) is 10.5. The van der Waals surface area contributed by atoms with Crippen LogP contribution in [0.25, 0.3) is 0 Å². The maximum atomic E-state index is 14.4. The Balaban J connectivity index is 1.32. The Morgan fingerprint density at radius 3 is 2.18 bits per heavy atom. The number of ketones is 1. The smallest absolute Gasteiger partial charge is 0.315 e. The Hall–Kier alpha value is -3.52. The molecule has 1 saturated heterocycles. The monoisotopic (exact) mass is 714 g/mol. The first-order valence-electron chi connectivity index (χ1n) is 17.8. The van der Waals surface area contributed by atoms with Gasteiger partial charge in [0.25, 0.3) is 5.91 Å². The lowest BCUT2D eigenvalue weighted by Gasteiger charge is -2.42.